The Morgan fingerprint density at radius 2 is 1.67 bits per heavy atom. The lowest BCUT2D eigenvalue weighted by atomic mass is 9.87. The van der Waals surface area contributed by atoms with E-state index in [-0.39, 0.29) is 34.8 Å². The molecule has 2 aromatic rings. The number of Topliss-reactive ketones (excluding diaryl/α,β-unsaturated/α-hetero) is 1. The van der Waals surface area contributed by atoms with Crippen molar-refractivity contribution in [2.75, 3.05) is 6.61 Å². The molecule has 2 heterocycles. The Bertz CT molecular complexity index is 1160. The summed E-state index contributed by atoms with van der Waals surface area (Å²) in [4.78, 5) is 35.4. The van der Waals surface area contributed by atoms with Gasteiger partial charge < -0.3 is 39.4 Å². The topological polar surface area (TPSA) is 169 Å². The van der Waals surface area contributed by atoms with E-state index in [9.17, 15) is 34.8 Å². The van der Waals surface area contributed by atoms with Gasteiger partial charge in [0.15, 0.2) is 5.78 Å². The van der Waals surface area contributed by atoms with Gasteiger partial charge in [0.2, 0.25) is 0 Å². The highest BCUT2D eigenvalue weighted by atomic mass is 16.6. The molecule has 4 N–H and O–H groups in total. The van der Waals surface area contributed by atoms with Gasteiger partial charge in [0, 0.05) is 13.8 Å². The monoisotopic (exact) mass is 502 g/mol. The van der Waals surface area contributed by atoms with Gasteiger partial charge in [0.25, 0.3) is 0 Å². The van der Waals surface area contributed by atoms with Gasteiger partial charge in [-0.3, -0.25) is 14.4 Å². The van der Waals surface area contributed by atoms with E-state index >= 15 is 0 Å². The van der Waals surface area contributed by atoms with Crippen LogP contribution in [-0.4, -0.2) is 69.2 Å². The average Bonchev–Trinajstić information content (AvgIpc) is 2.82. The molecular formula is C25H26O11. The van der Waals surface area contributed by atoms with Crippen LogP contribution < -0.4 is 9.47 Å². The predicted molar refractivity (Wildman–Crippen MR) is 120 cm³/mol. The number of aliphatic hydroxyl groups excluding tert-OH is 3. The van der Waals surface area contributed by atoms with E-state index in [0.717, 1.165) is 6.92 Å². The number of fused-ring (bicyclic) bond motifs is 1. The van der Waals surface area contributed by atoms with Crippen LogP contribution in [0.25, 0.3) is 0 Å². The minimum absolute atomic E-state index is 0.0192. The SMILES string of the molecule is CC(=O)OC[C@H]1O[C@@H](c2c(O)ccc3c2O[C@H](c2ccc(OC(C)=O)cc2)CC3=O)[C@H](O)[C@@H](O)[C@@H]1O. The molecule has 4 rings (SSSR count). The standard InChI is InChI=1S/C25H26O11/c1-11(26)33-10-19-21(30)22(31)23(32)25(36-19)20-16(28)8-7-15-17(29)9-18(35-24(15)20)13-3-5-14(6-4-13)34-12(2)27/h3-8,18-19,21-23,25,28,30-32H,9-10H2,1-2H3/t18-,19+,21+,22-,23+,25-/m0/s1. The molecule has 0 spiro atoms. The summed E-state index contributed by atoms with van der Waals surface area (Å²) in [5, 5.41) is 42.1. The molecule has 2 aliphatic rings. The van der Waals surface area contributed by atoms with E-state index in [1.807, 2.05) is 0 Å². The molecule has 11 nitrogen and oxygen atoms in total. The third-order valence-electron chi connectivity index (χ3n) is 6.07. The summed E-state index contributed by atoms with van der Waals surface area (Å²) in [6.45, 7) is 2.02. The zero-order valence-corrected chi connectivity index (χ0v) is 19.5. The Labute approximate surface area is 205 Å². The lowest BCUT2D eigenvalue weighted by molar-refractivity contribution is -0.234. The molecule has 0 aliphatic carbocycles. The number of aromatic hydroxyl groups is 1. The molecule has 0 aromatic heterocycles. The fourth-order valence-electron chi connectivity index (χ4n) is 4.30. The molecule has 0 radical (unpaired) electrons. The van der Waals surface area contributed by atoms with Crippen molar-refractivity contribution in [3.8, 4) is 17.2 Å². The summed E-state index contributed by atoms with van der Waals surface area (Å²) < 4.78 is 21.8. The van der Waals surface area contributed by atoms with Crippen LogP contribution >= 0.6 is 0 Å². The summed E-state index contributed by atoms with van der Waals surface area (Å²) in [5.74, 6) is -1.51. The van der Waals surface area contributed by atoms with Crippen LogP contribution in [0.15, 0.2) is 36.4 Å². The molecule has 1 saturated heterocycles. The summed E-state index contributed by atoms with van der Waals surface area (Å²) in [7, 11) is 0. The first-order valence-corrected chi connectivity index (χ1v) is 11.2. The first-order chi connectivity index (χ1) is 17.1. The summed E-state index contributed by atoms with van der Waals surface area (Å²) in [5.41, 5.74) is 0.643. The van der Waals surface area contributed by atoms with Crippen molar-refractivity contribution < 1.29 is 53.8 Å². The molecule has 0 amide bonds. The van der Waals surface area contributed by atoms with Crippen molar-refractivity contribution >= 4 is 17.7 Å². The van der Waals surface area contributed by atoms with Gasteiger partial charge >= 0.3 is 11.9 Å². The molecule has 6 atom stereocenters. The van der Waals surface area contributed by atoms with E-state index in [0.29, 0.717) is 11.3 Å². The number of ether oxygens (including phenoxy) is 4. The van der Waals surface area contributed by atoms with Gasteiger partial charge in [-0.15, -0.1) is 0 Å². The van der Waals surface area contributed by atoms with Crippen LogP contribution in [0.1, 0.15) is 54.0 Å². The third kappa shape index (κ3) is 5.05. The van der Waals surface area contributed by atoms with Gasteiger partial charge in [-0.25, -0.2) is 0 Å². The summed E-state index contributed by atoms with van der Waals surface area (Å²) >= 11 is 0. The van der Waals surface area contributed by atoms with Crippen molar-refractivity contribution in [3.63, 3.8) is 0 Å². The molecule has 11 heteroatoms. The fourth-order valence-corrected chi connectivity index (χ4v) is 4.30. The maximum Gasteiger partial charge on any atom is 0.308 e. The number of hydrogen-bond acceptors (Lipinski definition) is 11. The highest BCUT2D eigenvalue weighted by Gasteiger charge is 2.47. The van der Waals surface area contributed by atoms with E-state index < -0.39 is 55.2 Å². The minimum Gasteiger partial charge on any atom is -0.507 e. The van der Waals surface area contributed by atoms with Gasteiger partial charge in [0.1, 0.15) is 60.5 Å². The number of aliphatic hydroxyl groups is 3. The van der Waals surface area contributed by atoms with Crippen molar-refractivity contribution in [2.24, 2.45) is 0 Å². The van der Waals surface area contributed by atoms with Gasteiger partial charge in [-0.1, -0.05) is 12.1 Å². The lowest BCUT2D eigenvalue weighted by Gasteiger charge is -2.41. The number of carbonyl (C=O) groups is 3. The van der Waals surface area contributed by atoms with Crippen LogP contribution in [0.2, 0.25) is 0 Å². The highest BCUT2D eigenvalue weighted by Crippen LogP contribution is 2.47. The molecule has 0 bridgehead atoms. The van der Waals surface area contributed by atoms with E-state index in [2.05, 4.69) is 0 Å². The third-order valence-corrected chi connectivity index (χ3v) is 6.07. The number of phenolic OH excluding ortho intramolecular Hbond substituents is 1. The first kappa shape index (κ1) is 25.6. The molecule has 0 saturated carbocycles. The van der Waals surface area contributed by atoms with Crippen LogP contribution in [0.5, 0.6) is 17.2 Å². The van der Waals surface area contributed by atoms with E-state index in [1.165, 1.54) is 19.1 Å². The molecule has 36 heavy (non-hydrogen) atoms. The second kappa shape index (κ2) is 10.2. The van der Waals surface area contributed by atoms with Crippen LogP contribution in [0.4, 0.5) is 0 Å². The quantitative estimate of drug-likeness (QED) is 0.341. The zero-order valence-electron chi connectivity index (χ0n) is 19.5. The van der Waals surface area contributed by atoms with Crippen LogP contribution in [-0.2, 0) is 19.1 Å². The summed E-state index contributed by atoms with van der Waals surface area (Å²) in [6.07, 6.45) is -8.42. The Morgan fingerprint density at radius 3 is 2.31 bits per heavy atom. The Kier molecular flexibility index (Phi) is 7.27. The van der Waals surface area contributed by atoms with Crippen molar-refractivity contribution in [2.45, 2.75) is 56.9 Å². The number of rotatable bonds is 5. The lowest BCUT2D eigenvalue weighted by Crippen LogP contribution is -2.55. The minimum atomic E-state index is -1.71. The largest absolute Gasteiger partial charge is 0.507 e. The first-order valence-electron chi connectivity index (χ1n) is 11.2. The second-order valence-electron chi connectivity index (χ2n) is 8.64. The number of esters is 2. The van der Waals surface area contributed by atoms with Crippen molar-refractivity contribution in [1.29, 1.82) is 0 Å². The van der Waals surface area contributed by atoms with Crippen LogP contribution in [0.3, 0.4) is 0 Å². The maximum absolute atomic E-state index is 13.0. The molecule has 1 fully saturated rings. The van der Waals surface area contributed by atoms with Crippen molar-refractivity contribution in [1.82, 2.24) is 0 Å². The number of carbonyl (C=O) groups excluding carboxylic acids is 3. The van der Waals surface area contributed by atoms with Crippen LogP contribution in [0, 0.1) is 0 Å². The second-order valence-corrected chi connectivity index (χ2v) is 8.64. The normalized spacial score (nSPS) is 27.5. The van der Waals surface area contributed by atoms with E-state index in [1.54, 1.807) is 24.3 Å². The molecule has 2 aliphatic heterocycles. The predicted octanol–water partition coefficient (Wildman–Crippen LogP) is 1.11. The highest BCUT2D eigenvalue weighted by molar-refractivity contribution is 6.00. The fraction of sp³-hybridized carbons (Fsp3) is 0.400. The van der Waals surface area contributed by atoms with Gasteiger partial charge in [0.05, 0.1) is 17.5 Å². The molecule has 0 unspecified atom stereocenters. The Hall–Kier alpha value is -3.51. The summed E-state index contributed by atoms with van der Waals surface area (Å²) in [6, 6.07) is 8.99. The zero-order chi connectivity index (χ0) is 26.1. The smallest absolute Gasteiger partial charge is 0.308 e. The molecule has 192 valence electrons. The Balaban J connectivity index is 1.68. The van der Waals surface area contributed by atoms with Gasteiger partial charge in [-0.05, 0) is 29.8 Å². The number of ketones is 1. The maximum atomic E-state index is 13.0. The number of hydrogen-bond donors (Lipinski definition) is 4. The Morgan fingerprint density at radius 1 is 0.972 bits per heavy atom. The van der Waals surface area contributed by atoms with Gasteiger partial charge in [-0.2, -0.15) is 0 Å². The average molecular weight is 502 g/mol. The van der Waals surface area contributed by atoms with E-state index in [4.69, 9.17) is 18.9 Å². The molecular weight excluding hydrogens is 476 g/mol. The number of benzene rings is 2. The number of phenols is 1. The van der Waals surface area contributed by atoms with Crippen molar-refractivity contribution in [3.05, 3.63) is 53.1 Å². The molecule has 2 aromatic carbocycles.